The summed E-state index contributed by atoms with van der Waals surface area (Å²) in [6.45, 7) is 7.33. The van der Waals surface area contributed by atoms with Crippen molar-refractivity contribution in [2.24, 2.45) is 5.92 Å². The molecule has 1 N–H and O–H groups in total. The zero-order valence-electron chi connectivity index (χ0n) is 26.3. The molecule has 0 spiro atoms. The van der Waals surface area contributed by atoms with E-state index in [2.05, 4.69) is 48.3 Å². The van der Waals surface area contributed by atoms with E-state index in [0.717, 1.165) is 48.0 Å². The van der Waals surface area contributed by atoms with Gasteiger partial charge in [-0.05, 0) is 47.2 Å². The predicted octanol–water partition coefficient (Wildman–Crippen LogP) is 11.2. The number of ether oxygens (including phenoxy) is 1. The zero-order valence-corrected chi connectivity index (χ0v) is 28.7. The molecule has 250 valence electrons. The summed E-state index contributed by atoms with van der Waals surface area (Å²) in [5.41, 5.74) is 2.98. The van der Waals surface area contributed by atoms with Crippen LogP contribution in [0.1, 0.15) is 61.3 Å². The number of alkyl halides is 3. The minimum Gasteiger partial charge on any atom is -0.493 e. The van der Waals surface area contributed by atoms with Crippen molar-refractivity contribution in [1.29, 1.82) is 0 Å². The third-order valence-electron chi connectivity index (χ3n) is 8.09. The van der Waals surface area contributed by atoms with Gasteiger partial charge in [0.1, 0.15) is 5.75 Å². The summed E-state index contributed by atoms with van der Waals surface area (Å²) in [6.07, 6.45) is -1.55. The summed E-state index contributed by atoms with van der Waals surface area (Å²) in [6, 6.07) is 32.6. The van der Waals surface area contributed by atoms with Gasteiger partial charge in [-0.3, -0.25) is 4.90 Å². The topological polar surface area (TPSA) is 24.5 Å². The van der Waals surface area contributed by atoms with Crippen molar-refractivity contribution in [1.82, 2.24) is 4.90 Å². The molecule has 9 heteroatoms. The lowest BCUT2D eigenvalue weighted by atomic mass is 9.90. The highest BCUT2D eigenvalue weighted by atomic mass is 35.5. The lowest BCUT2D eigenvalue weighted by Crippen LogP contribution is -2.31. The lowest BCUT2D eigenvalue weighted by Gasteiger charge is -2.29. The highest BCUT2D eigenvalue weighted by Gasteiger charge is 2.34. The minimum atomic E-state index is -4.51. The second kappa shape index (κ2) is 19.7. The molecule has 4 aromatic carbocycles. The van der Waals surface area contributed by atoms with Crippen molar-refractivity contribution >= 4 is 42.1 Å². The van der Waals surface area contributed by atoms with E-state index in [1.807, 2.05) is 60.7 Å². The number of nitrogens with one attached hydrogen (secondary N) is 1. The summed E-state index contributed by atoms with van der Waals surface area (Å²) in [4.78, 5) is 2.18. The lowest BCUT2D eigenvalue weighted by molar-refractivity contribution is -0.137. The summed E-state index contributed by atoms with van der Waals surface area (Å²) < 4.78 is 47.1. The third-order valence-corrected chi connectivity index (χ3v) is 8.54. The summed E-state index contributed by atoms with van der Waals surface area (Å²) in [5, 5.41) is 3.27. The average Bonchev–Trinajstić information content (AvgIpc) is 3.03. The van der Waals surface area contributed by atoms with Crippen LogP contribution in [-0.2, 0) is 12.7 Å². The highest BCUT2D eigenvalue weighted by molar-refractivity contribution is 6.32. The van der Waals surface area contributed by atoms with E-state index in [4.69, 9.17) is 16.3 Å². The Morgan fingerprint density at radius 2 is 1.41 bits per heavy atom. The van der Waals surface area contributed by atoms with Crippen LogP contribution >= 0.6 is 36.4 Å². The second-order valence-corrected chi connectivity index (χ2v) is 11.6. The van der Waals surface area contributed by atoms with Crippen LogP contribution in [0.5, 0.6) is 5.75 Å². The van der Waals surface area contributed by atoms with Gasteiger partial charge in [0.15, 0.2) is 0 Å². The zero-order chi connectivity index (χ0) is 31.4. The van der Waals surface area contributed by atoms with Crippen LogP contribution in [0.15, 0.2) is 103 Å². The molecule has 0 radical (unpaired) electrons. The van der Waals surface area contributed by atoms with E-state index < -0.39 is 11.7 Å². The van der Waals surface area contributed by atoms with Gasteiger partial charge < -0.3 is 10.1 Å². The quantitative estimate of drug-likeness (QED) is 0.118. The molecule has 3 nitrogen and oxygen atoms in total. The second-order valence-electron chi connectivity index (χ2n) is 11.2. The number of benzene rings is 4. The molecule has 4 aromatic rings. The van der Waals surface area contributed by atoms with Crippen LogP contribution in [0.3, 0.4) is 0 Å². The van der Waals surface area contributed by atoms with Gasteiger partial charge in [0.25, 0.3) is 0 Å². The maximum absolute atomic E-state index is 13.7. The fourth-order valence-electron chi connectivity index (χ4n) is 5.44. The van der Waals surface area contributed by atoms with E-state index in [9.17, 15) is 13.2 Å². The first-order valence-electron chi connectivity index (χ1n) is 15.4. The monoisotopic (exact) mass is 694 g/mol. The number of anilines is 1. The molecule has 0 aliphatic heterocycles. The largest absolute Gasteiger partial charge is 0.493 e. The van der Waals surface area contributed by atoms with Crippen molar-refractivity contribution in [2.45, 2.75) is 51.7 Å². The van der Waals surface area contributed by atoms with Crippen LogP contribution in [0.2, 0.25) is 5.02 Å². The van der Waals surface area contributed by atoms with Gasteiger partial charge in [-0.2, -0.15) is 13.2 Å². The van der Waals surface area contributed by atoms with Crippen LogP contribution in [0.25, 0.3) is 0 Å². The average molecular weight is 696 g/mol. The van der Waals surface area contributed by atoms with Crippen LogP contribution in [0, 0.1) is 5.92 Å². The molecular weight excluding hydrogens is 652 g/mol. The fourth-order valence-corrected chi connectivity index (χ4v) is 5.74. The number of hydrogen-bond donors (Lipinski definition) is 1. The molecule has 0 aromatic heterocycles. The Morgan fingerprint density at radius 3 is 2.00 bits per heavy atom. The van der Waals surface area contributed by atoms with E-state index in [0.29, 0.717) is 37.6 Å². The Labute approximate surface area is 289 Å². The van der Waals surface area contributed by atoms with Gasteiger partial charge in [-0.25, -0.2) is 0 Å². The first-order chi connectivity index (χ1) is 21.3. The van der Waals surface area contributed by atoms with Crippen molar-refractivity contribution in [2.75, 3.05) is 31.6 Å². The molecule has 0 saturated heterocycles. The number of rotatable bonds is 16. The maximum atomic E-state index is 13.7. The molecule has 0 fully saturated rings. The summed E-state index contributed by atoms with van der Waals surface area (Å²) in [7, 11) is 0. The van der Waals surface area contributed by atoms with E-state index >= 15 is 0 Å². The summed E-state index contributed by atoms with van der Waals surface area (Å²) >= 11 is 6.35. The van der Waals surface area contributed by atoms with E-state index in [1.54, 1.807) is 6.07 Å². The highest BCUT2D eigenvalue weighted by Crippen LogP contribution is 2.37. The van der Waals surface area contributed by atoms with Crippen molar-refractivity contribution in [3.05, 3.63) is 130 Å². The minimum absolute atomic E-state index is 0. The van der Waals surface area contributed by atoms with Gasteiger partial charge in [0.05, 0.1) is 17.2 Å². The Bertz CT molecular complexity index is 1380. The van der Waals surface area contributed by atoms with Gasteiger partial charge in [-0.1, -0.05) is 117 Å². The Kier molecular flexibility index (Phi) is 16.8. The van der Waals surface area contributed by atoms with Crippen LogP contribution in [-0.4, -0.2) is 31.1 Å². The molecule has 4 rings (SSSR count). The molecule has 0 atom stereocenters. The SMILES string of the molecule is CCC(CC)CNc1cccc(OCCCN(Cc2cccc(C(F)(F)F)c2Cl)CC(c2ccccc2)c2ccccc2)c1.Cl.Cl. The third kappa shape index (κ3) is 11.7. The standard InChI is InChI=1S/C37H42ClF3N2O.2ClH/c1-3-28(4-2)25-42-32-19-12-20-33(24-32)44-23-13-22-43(26-31-18-11-21-35(36(31)38)37(39,40)41)27-34(29-14-7-5-8-15-29)30-16-9-6-10-17-30;;/h5-12,14-21,24,28,34,42H,3-4,13,22-23,25-27H2,1-2H3;2*1H. The first-order valence-corrected chi connectivity index (χ1v) is 15.8. The molecular formula is C37H44Cl3F3N2O. The van der Waals surface area contributed by atoms with E-state index in [1.165, 1.54) is 6.07 Å². The molecule has 0 aliphatic rings. The van der Waals surface area contributed by atoms with Crippen molar-refractivity contribution in [3.63, 3.8) is 0 Å². The molecule has 0 aliphatic carbocycles. The Morgan fingerprint density at radius 1 is 0.804 bits per heavy atom. The maximum Gasteiger partial charge on any atom is 0.417 e. The predicted molar refractivity (Wildman–Crippen MR) is 190 cm³/mol. The fraction of sp³-hybridized carbons (Fsp3) is 0.351. The molecule has 0 bridgehead atoms. The van der Waals surface area contributed by atoms with Gasteiger partial charge in [0, 0.05) is 43.9 Å². The van der Waals surface area contributed by atoms with Crippen LogP contribution < -0.4 is 10.1 Å². The number of halogens is 6. The molecule has 0 saturated carbocycles. The van der Waals surface area contributed by atoms with Gasteiger partial charge >= 0.3 is 6.18 Å². The normalized spacial score (nSPS) is 11.3. The first kappa shape index (κ1) is 39.3. The van der Waals surface area contributed by atoms with Gasteiger partial charge in [-0.15, -0.1) is 24.8 Å². The van der Waals surface area contributed by atoms with E-state index in [-0.39, 0.29) is 42.3 Å². The number of nitrogens with zero attached hydrogens (tertiary/aromatic N) is 1. The molecule has 46 heavy (non-hydrogen) atoms. The Balaban J connectivity index is 0.00000368. The molecule has 0 unspecified atom stereocenters. The van der Waals surface area contributed by atoms with Crippen LogP contribution in [0.4, 0.5) is 18.9 Å². The number of hydrogen-bond acceptors (Lipinski definition) is 3. The van der Waals surface area contributed by atoms with Crippen molar-refractivity contribution < 1.29 is 17.9 Å². The smallest absolute Gasteiger partial charge is 0.417 e. The molecule has 0 heterocycles. The summed E-state index contributed by atoms with van der Waals surface area (Å²) in [5.74, 6) is 1.45. The Hall–Kier alpha value is -2.90. The van der Waals surface area contributed by atoms with Gasteiger partial charge in [0.2, 0.25) is 0 Å². The van der Waals surface area contributed by atoms with Crippen molar-refractivity contribution in [3.8, 4) is 5.75 Å². The molecule has 0 amide bonds.